The van der Waals surface area contributed by atoms with Crippen molar-refractivity contribution >= 4 is 0 Å². The topological polar surface area (TPSA) is 9.23 Å². The third kappa shape index (κ3) is 2.92. The molecule has 0 spiro atoms. The summed E-state index contributed by atoms with van der Waals surface area (Å²) in [7, 11) is 1.73. The molecule has 0 N–H and O–H groups in total. The summed E-state index contributed by atoms with van der Waals surface area (Å²) in [5.74, 6) is 0.991. The van der Waals surface area contributed by atoms with Crippen molar-refractivity contribution in [3.05, 3.63) is 64.7 Å². The number of methoxy groups -OCH3 is 1. The van der Waals surface area contributed by atoms with E-state index < -0.39 is 0 Å². The third-order valence-electron chi connectivity index (χ3n) is 3.25. The normalized spacial score (nSPS) is 10.4. The van der Waals surface area contributed by atoms with Crippen LogP contribution in [0.25, 0.3) is 0 Å². The maximum Gasteiger partial charge on any atom is 0.122 e. The van der Waals surface area contributed by atoms with Gasteiger partial charge in [-0.2, -0.15) is 0 Å². The van der Waals surface area contributed by atoms with Crippen LogP contribution >= 0.6 is 0 Å². The minimum absolute atomic E-state index is 0.983. The summed E-state index contributed by atoms with van der Waals surface area (Å²) < 4.78 is 5.36. The smallest absolute Gasteiger partial charge is 0.122 e. The van der Waals surface area contributed by atoms with Crippen LogP contribution in [-0.2, 0) is 12.8 Å². The number of hydrogen-bond donors (Lipinski definition) is 0. The monoisotopic (exact) mass is 240 g/mol. The summed E-state index contributed by atoms with van der Waals surface area (Å²) in [6, 6.07) is 15.2. The van der Waals surface area contributed by atoms with E-state index in [1.807, 2.05) is 0 Å². The highest BCUT2D eigenvalue weighted by Crippen LogP contribution is 2.22. The predicted molar refractivity (Wildman–Crippen MR) is 76.4 cm³/mol. The molecular formula is C17H20O. The first kappa shape index (κ1) is 12.7. The predicted octanol–water partition coefficient (Wildman–Crippen LogP) is 4.16. The van der Waals surface area contributed by atoms with Gasteiger partial charge < -0.3 is 4.74 Å². The third-order valence-corrected chi connectivity index (χ3v) is 3.25. The van der Waals surface area contributed by atoms with Crippen LogP contribution in [0.15, 0.2) is 42.5 Å². The molecule has 0 atom stereocenters. The lowest BCUT2D eigenvalue weighted by atomic mass is 10.0. The van der Waals surface area contributed by atoms with Gasteiger partial charge in [0.25, 0.3) is 0 Å². The lowest BCUT2D eigenvalue weighted by Gasteiger charge is -2.09. The lowest BCUT2D eigenvalue weighted by molar-refractivity contribution is 0.410. The van der Waals surface area contributed by atoms with Gasteiger partial charge in [0.05, 0.1) is 7.11 Å². The molecule has 2 rings (SSSR count). The molecule has 18 heavy (non-hydrogen) atoms. The minimum atomic E-state index is 0.983. The Morgan fingerprint density at radius 2 is 1.61 bits per heavy atom. The zero-order valence-corrected chi connectivity index (χ0v) is 11.4. The number of aryl methyl sites for hydroxylation is 2. The Labute approximate surface area is 109 Å². The van der Waals surface area contributed by atoms with Crippen LogP contribution in [0.3, 0.4) is 0 Å². The molecule has 0 saturated carbocycles. The Kier molecular flexibility index (Phi) is 4.03. The molecule has 94 valence electrons. The fourth-order valence-electron chi connectivity index (χ4n) is 2.16. The van der Waals surface area contributed by atoms with Crippen LogP contribution in [0.5, 0.6) is 5.75 Å². The van der Waals surface area contributed by atoms with Gasteiger partial charge in [-0.1, -0.05) is 48.9 Å². The van der Waals surface area contributed by atoms with E-state index in [1.165, 1.54) is 22.3 Å². The number of hydrogen-bond acceptors (Lipinski definition) is 1. The molecule has 0 aliphatic carbocycles. The number of rotatable bonds is 4. The van der Waals surface area contributed by atoms with Crippen molar-refractivity contribution in [3.8, 4) is 5.75 Å². The summed E-state index contributed by atoms with van der Waals surface area (Å²) in [5.41, 5.74) is 5.29. The Balaban J connectivity index is 2.21. The second-order valence-corrected chi connectivity index (χ2v) is 4.66. The van der Waals surface area contributed by atoms with Gasteiger partial charge in [0.1, 0.15) is 5.75 Å². The second-order valence-electron chi connectivity index (χ2n) is 4.66. The van der Waals surface area contributed by atoms with Crippen LogP contribution < -0.4 is 4.74 Å². The van der Waals surface area contributed by atoms with Crippen LogP contribution in [0, 0.1) is 6.92 Å². The van der Waals surface area contributed by atoms with E-state index in [4.69, 9.17) is 4.74 Å². The van der Waals surface area contributed by atoms with Gasteiger partial charge in [-0.3, -0.25) is 0 Å². The van der Waals surface area contributed by atoms with Crippen molar-refractivity contribution in [1.29, 1.82) is 0 Å². The number of benzene rings is 2. The summed E-state index contributed by atoms with van der Waals surface area (Å²) >= 11 is 0. The van der Waals surface area contributed by atoms with Crippen LogP contribution in [0.4, 0.5) is 0 Å². The second kappa shape index (κ2) is 5.72. The summed E-state index contributed by atoms with van der Waals surface area (Å²) in [6.45, 7) is 4.28. The van der Waals surface area contributed by atoms with E-state index in [-0.39, 0.29) is 0 Å². The fraction of sp³-hybridized carbons (Fsp3) is 0.294. The van der Waals surface area contributed by atoms with Crippen molar-refractivity contribution < 1.29 is 4.74 Å². The molecule has 1 heteroatoms. The molecule has 0 aliphatic heterocycles. The molecule has 0 bridgehead atoms. The molecule has 2 aromatic rings. The Hall–Kier alpha value is -1.76. The van der Waals surface area contributed by atoms with E-state index >= 15 is 0 Å². The van der Waals surface area contributed by atoms with Crippen molar-refractivity contribution in [2.75, 3.05) is 7.11 Å². The first-order valence-corrected chi connectivity index (χ1v) is 6.44. The highest BCUT2D eigenvalue weighted by atomic mass is 16.5. The maximum atomic E-state index is 5.36. The van der Waals surface area contributed by atoms with Crippen molar-refractivity contribution in [2.24, 2.45) is 0 Å². The standard InChI is InChI=1S/C17H20O/c1-4-16-12-15(9-10-17(16)18-3)11-14-7-5-13(2)6-8-14/h5-10,12H,4,11H2,1-3H3. The average Bonchev–Trinajstić information content (AvgIpc) is 2.41. The molecule has 0 unspecified atom stereocenters. The summed E-state index contributed by atoms with van der Waals surface area (Å²) in [5, 5.41) is 0. The Morgan fingerprint density at radius 3 is 2.22 bits per heavy atom. The largest absolute Gasteiger partial charge is 0.496 e. The SMILES string of the molecule is CCc1cc(Cc2ccc(C)cc2)ccc1OC. The fourth-order valence-corrected chi connectivity index (χ4v) is 2.16. The van der Waals surface area contributed by atoms with E-state index in [0.717, 1.165) is 18.6 Å². The number of ether oxygens (including phenoxy) is 1. The van der Waals surface area contributed by atoms with Crippen molar-refractivity contribution in [2.45, 2.75) is 26.7 Å². The van der Waals surface area contributed by atoms with Gasteiger partial charge in [-0.05, 0) is 42.5 Å². The molecule has 0 radical (unpaired) electrons. The van der Waals surface area contributed by atoms with E-state index in [9.17, 15) is 0 Å². The molecular weight excluding hydrogens is 220 g/mol. The van der Waals surface area contributed by atoms with Gasteiger partial charge in [0.15, 0.2) is 0 Å². The zero-order valence-electron chi connectivity index (χ0n) is 11.4. The highest BCUT2D eigenvalue weighted by molar-refractivity contribution is 5.39. The molecule has 0 amide bonds. The van der Waals surface area contributed by atoms with Crippen molar-refractivity contribution in [3.63, 3.8) is 0 Å². The molecule has 2 aromatic carbocycles. The van der Waals surface area contributed by atoms with Gasteiger partial charge in [0.2, 0.25) is 0 Å². The van der Waals surface area contributed by atoms with Gasteiger partial charge in [-0.25, -0.2) is 0 Å². The highest BCUT2D eigenvalue weighted by Gasteiger charge is 2.03. The lowest BCUT2D eigenvalue weighted by Crippen LogP contribution is -1.94. The van der Waals surface area contributed by atoms with Crippen molar-refractivity contribution in [1.82, 2.24) is 0 Å². The van der Waals surface area contributed by atoms with E-state index in [1.54, 1.807) is 7.11 Å². The molecule has 0 saturated heterocycles. The Morgan fingerprint density at radius 1 is 0.944 bits per heavy atom. The summed E-state index contributed by atoms with van der Waals surface area (Å²) in [6.07, 6.45) is 1.99. The van der Waals surface area contributed by atoms with Gasteiger partial charge in [-0.15, -0.1) is 0 Å². The molecule has 0 aliphatic rings. The summed E-state index contributed by atoms with van der Waals surface area (Å²) in [4.78, 5) is 0. The van der Waals surface area contributed by atoms with Crippen LogP contribution in [0.1, 0.15) is 29.2 Å². The Bertz CT molecular complexity index is 512. The van der Waals surface area contributed by atoms with E-state index in [2.05, 4.69) is 56.3 Å². The van der Waals surface area contributed by atoms with Gasteiger partial charge in [0, 0.05) is 0 Å². The average molecular weight is 240 g/mol. The quantitative estimate of drug-likeness (QED) is 0.780. The van der Waals surface area contributed by atoms with Crippen LogP contribution in [-0.4, -0.2) is 7.11 Å². The zero-order chi connectivity index (χ0) is 13.0. The molecule has 0 aromatic heterocycles. The molecule has 0 fully saturated rings. The molecule has 0 heterocycles. The first-order valence-electron chi connectivity index (χ1n) is 6.44. The van der Waals surface area contributed by atoms with Gasteiger partial charge >= 0.3 is 0 Å². The molecule has 1 nitrogen and oxygen atoms in total. The van der Waals surface area contributed by atoms with Crippen LogP contribution in [0.2, 0.25) is 0 Å². The maximum absolute atomic E-state index is 5.36. The van der Waals surface area contributed by atoms with E-state index in [0.29, 0.717) is 0 Å². The minimum Gasteiger partial charge on any atom is -0.496 e. The first-order chi connectivity index (χ1) is 8.72.